The molecule has 0 unspecified atom stereocenters. The van der Waals surface area contributed by atoms with Gasteiger partial charge in [0, 0.05) is 44.5 Å². The molecule has 2 heterocycles. The number of carbonyl (C=O) groups is 1. The lowest BCUT2D eigenvalue weighted by atomic mass is 9.91. The largest absolute Gasteiger partial charge is 0.352 e. The summed E-state index contributed by atoms with van der Waals surface area (Å²) in [6.07, 6.45) is 1.70. The van der Waals surface area contributed by atoms with Gasteiger partial charge in [-0.3, -0.25) is 14.4 Å². The first-order valence-electron chi connectivity index (χ1n) is 10.4. The van der Waals surface area contributed by atoms with Crippen LogP contribution >= 0.6 is 0 Å². The first-order chi connectivity index (χ1) is 13.3. The molecule has 1 fully saturated rings. The van der Waals surface area contributed by atoms with Crippen molar-refractivity contribution in [3.63, 3.8) is 0 Å². The second-order valence-electron chi connectivity index (χ2n) is 8.64. The number of nitrogens with zero attached hydrogens (tertiary/aromatic N) is 3. The second kappa shape index (κ2) is 8.91. The molecule has 1 amide bonds. The first-order valence-corrected chi connectivity index (χ1v) is 10.4. The number of nitrogens with one attached hydrogen (secondary N) is 1. The zero-order valence-electron chi connectivity index (χ0n) is 18.0. The van der Waals surface area contributed by atoms with Gasteiger partial charge in [0.25, 0.3) is 0 Å². The normalized spacial score (nSPS) is 20.3. The molecule has 1 saturated heterocycles. The van der Waals surface area contributed by atoms with E-state index in [1.54, 1.807) is 0 Å². The van der Waals surface area contributed by atoms with Crippen LogP contribution in [0, 0.1) is 25.7 Å². The molecule has 1 aliphatic rings. The van der Waals surface area contributed by atoms with Gasteiger partial charge in [-0.05, 0) is 43.2 Å². The van der Waals surface area contributed by atoms with E-state index in [0.29, 0.717) is 13.0 Å². The smallest absolute Gasteiger partial charge is 0.224 e. The summed E-state index contributed by atoms with van der Waals surface area (Å²) in [5, 5.41) is 7.52. The molecule has 0 radical (unpaired) electrons. The lowest BCUT2D eigenvalue weighted by Crippen LogP contribution is -2.38. The molecule has 0 bridgehead atoms. The highest BCUT2D eigenvalue weighted by Crippen LogP contribution is 2.23. The number of hydrogen-bond donors (Lipinski definition) is 1. The maximum absolute atomic E-state index is 12.5. The maximum Gasteiger partial charge on any atom is 0.224 e. The zero-order valence-corrected chi connectivity index (χ0v) is 18.0. The Morgan fingerprint density at radius 1 is 1.14 bits per heavy atom. The quantitative estimate of drug-likeness (QED) is 0.833. The summed E-state index contributed by atoms with van der Waals surface area (Å²) in [6, 6.07) is 8.48. The van der Waals surface area contributed by atoms with Gasteiger partial charge in [0.1, 0.15) is 0 Å². The van der Waals surface area contributed by atoms with E-state index in [1.807, 2.05) is 25.6 Å². The van der Waals surface area contributed by atoms with Crippen LogP contribution in [0.15, 0.2) is 24.3 Å². The van der Waals surface area contributed by atoms with Gasteiger partial charge < -0.3 is 5.32 Å². The lowest BCUT2D eigenvalue weighted by Gasteiger charge is -2.35. The minimum absolute atomic E-state index is 0.0502. The van der Waals surface area contributed by atoms with E-state index >= 15 is 0 Å². The molecular weight excluding hydrogens is 348 g/mol. The number of amides is 1. The highest BCUT2D eigenvalue weighted by atomic mass is 16.1. The van der Waals surface area contributed by atoms with Gasteiger partial charge in [-0.1, -0.05) is 38.1 Å². The molecule has 1 aliphatic heterocycles. The number of carbonyl (C=O) groups excluding carboxylic acids is 1. The van der Waals surface area contributed by atoms with Gasteiger partial charge in [0.05, 0.1) is 12.1 Å². The lowest BCUT2D eigenvalue weighted by molar-refractivity contribution is -0.120. The van der Waals surface area contributed by atoms with Crippen LogP contribution in [-0.2, 0) is 31.4 Å². The Morgan fingerprint density at radius 2 is 1.79 bits per heavy atom. The average molecular weight is 383 g/mol. The summed E-state index contributed by atoms with van der Waals surface area (Å²) in [6.45, 7) is 12.5. The molecule has 28 heavy (non-hydrogen) atoms. The summed E-state index contributed by atoms with van der Waals surface area (Å²) < 4.78 is 1.84. The van der Waals surface area contributed by atoms with Crippen LogP contribution in [0.3, 0.4) is 0 Å². The summed E-state index contributed by atoms with van der Waals surface area (Å²) in [7, 11) is 1.92. The molecule has 1 N–H and O–H groups in total. The predicted octanol–water partition coefficient (Wildman–Crippen LogP) is 3.37. The Morgan fingerprint density at radius 3 is 2.39 bits per heavy atom. The van der Waals surface area contributed by atoms with Crippen LogP contribution in [-0.4, -0.2) is 33.7 Å². The van der Waals surface area contributed by atoms with Crippen molar-refractivity contribution in [2.45, 2.75) is 53.6 Å². The van der Waals surface area contributed by atoms with Crippen LogP contribution in [0.5, 0.6) is 0 Å². The number of aryl methyl sites for hydroxylation is 2. The van der Waals surface area contributed by atoms with E-state index in [9.17, 15) is 4.79 Å². The first kappa shape index (κ1) is 20.6. The molecule has 152 valence electrons. The highest BCUT2D eigenvalue weighted by molar-refractivity contribution is 5.79. The summed E-state index contributed by atoms with van der Waals surface area (Å²) in [5.74, 6) is 1.55. The topological polar surface area (TPSA) is 50.2 Å². The fraction of sp³-hybridized carbons (Fsp3) is 0.565. The number of aromatic nitrogens is 2. The van der Waals surface area contributed by atoms with Gasteiger partial charge in [0.15, 0.2) is 0 Å². The fourth-order valence-corrected chi connectivity index (χ4v) is 4.54. The number of hydrogen-bond acceptors (Lipinski definition) is 3. The van der Waals surface area contributed by atoms with Crippen molar-refractivity contribution in [2.75, 3.05) is 13.1 Å². The van der Waals surface area contributed by atoms with Crippen LogP contribution in [0.2, 0.25) is 0 Å². The van der Waals surface area contributed by atoms with E-state index in [2.05, 4.69) is 53.4 Å². The van der Waals surface area contributed by atoms with Gasteiger partial charge in [-0.25, -0.2) is 0 Å². The highest BCUT2D eigenvalue weighted by Gasteiger charge is 2.22. The van der Waals surface area contributed by atoms with Crippen molar-refractivity contribution in [3.8, 4) is 0 Å². The monoisotopic (exact) mass is 382 g/mol. The maximum atomic E-state index is 12.5. The van der Waals surface area contributed by atoms with Crippen LogP contribution in [0.4, 0.5) is 0 Å². The van der Waals surface area contributed by atoms with E-state index in [1.165, 1.54) is 17.5 Å². The standard InChI is InChI=1S/C23H34N4O/c1-16-10-17(2)14-27(13-16)15-21-9-7-6-8-20(21)12-24-23(28)11-22-18(3)25-26(5)19(22)4/h6-9,16-17H,10-15H2,1-5H3,(H,24,28)/t16-,17-/m0/s1. The molecule has 5 nitrogen and oxygen atoms in total. The van der Waals surface area contributed by atoms with Crippen LogP contribution in [0.1, 0.15) is 48.3 Å². The van der Waals surface area contributed by atoms with E-state index < -0.39 is 0 Å². The second-order valence-corrected chi connectivity index (χ2v) is 8.64. The third-order valence-corrected chi connectivity index (χ3v) is 5.93. The van der Waals surface area contributed by atoms with Crippen molar-refractivity contribution in [3.05, 3.63) is 52.3 Å². The van der Waals surface area contributed by atoms with Crippen molar-refractivity contribution >= 4 is 5.91 Å². The number of rotatable bonds is 6. The summed E-state index contributed by atoms with van der Waals surface area (Å²) in [5.41, 5.74) is 5.55. The number of piperidine rings is 1. The Labute approximate surface area is 169 Å². The van der Waals surface area contributed by atoms with E-state index in [0.717, 1.165) is 48.4 Å². The molecule has 0 saturated carbocycles. The van der Waals surface area contributed by atoms with Crippen molar-refractivity contribution in [1.82, 2.24) is 20.0 Å². The number of benzene rings is 1. The molecule has 3 rings (SSSR count). The van der Waals surface area contributed by atoms with Crippen molar-refractivity contribution in [2.24, 2.45) is 18.9 Å². The molecule has 2 atom stereocenters. The Kier molecular flexibility index (Phi) is 6.55. The van der Waals surface area contributed by atoms with Gasteiger partial charge in [0.2, 0.25) is 5.91 Å². The van der Waals surface area contributed by atoms with Crippen LogP contribution < -0.4 is 5.32 Å². The minimum atomic E-state index is 0.0502. The van der Waals surface area contributed by atoms with Gasteiger partial charge in [-0.2, -0.15) is 5.10 Å². The SMILES string of the molecule is Cc1nn(C)c(C)c1CC(=O)NCc1ccccc1CN1C[C@@H](C)C[C@H](C)C1. The Bertz CT molecular complexity index is 816. The molecule has 0 aliphatic carbocycles. The van der Waals surface area contributed by atoms with Gasteiger partial charge >= 0.3 is 0 Å². The van der Waals surface area contributed by atoms with Crippen LogP contribution in [0.25, 0.3) is 0 Å². The molecule has 1 aromatic heterocycles. The zero-order chi connectivity index (χ0) is 20.3. The van der Waals surface area contributed by atoms with Crippen molar-refractivity contribution in [1.29, 1.82) is 0 Å². The van der Waals surface area contributed by atoms with E-state index in [-0.39, 0.29) is 5.91 Å². The molecule has 5 heteroatoms. The van der Waals surface area contributed by atoms with Gasteiger partial charge in [-0.15, -0.1) is 0 Å². The summed E-state index contributed by atoms with van der Waals surface area (Å²) >= 11 is 0. The molecule has 0 spiro atoms. The third-order valence-electron chi connectivity index (χ3n) is 5.93. The Balaban J connectivity index is 1.61. The fourth-order valence-electron chi connectivity index (χ4n) is 4.54. The average Bonchev–Trinajstić information content (AvgIpc) is 2.86. The Hall–Kier alpha value is -2.14. The number of likely N-dealkylation sites (tertiary alicyclic amines) is 1. The summed E-state index contributed by atoms with van der Waals surface area (Å²) in [4.78, 5) is 15.1. The molecule has 1 aromatic carbocycles. The minimum Gasteiger partial charge on any atom is -0.352 e. The predicted molar refractivity (Wildman–Crippen MR) is 113 cm³/mol. The third kappa shape index (κ3) is 5.02. The molecular formula is C23H34N4O. The van der Waals surface area contributed by atoms with E-state index in [4.69, 9.17) is 0 Å². The molecule has 2 aromatic rings. The van der Waals surface area contributed by atoms with Crippen molar-refractivity contribution < 1.29 is 4.79 Å².